The van der Waals surface area contributed by atoms with Gasteiger partial charge in [-0.1, -0.05) is 30.3 Å². The summed E-state index contributed by atoms with van der Waals surface area (Å²) in [5.74, 6) is 2.46. The van der Waals surface area contributed by atoms with Crippen molar-refractivity contribution >= 4 is 27.1 Å². The van der Waals surface area contributed by atoms with Crippen LogP contribution in [0.25, 0.3) is 0 Å². The van der Waals surface area contributed by atoms with Crippen molar-refractivity contribution in [2.75, 3.05) is 36.4 Å². The van der Waals surface area contributed by atoms with E-state index in [0.29, 0.717) is 31.9 Å². The van der Waals surface area contributed by atoms with Gasteiger partial charge in [-0.3, -0.25) is 10.1 Å². The van der Waals surface area contributed by atoms with E-state index in [-0.39, 0.29) is 27.8 Å². The number of nitro groups is 1. The van der Waals surface area contributed by atoms with Crippen LogP contribution in [0.4, 0.5) is 17.1 Å². The summed E-state index contributed by atoms with van der Waals surface area (Å²) in [4.78, 5) is 13.8. The van der Waals surface area contributed by atoms with Crippen molar-refractivity contribution < 1.29 is 13.3 Å². The number of nitro benzene ring substituents is 1. The van der Waals surface area contributed by atoms with Crippen LogP contribution in [0.3, 0.4) is 0 Å². The Hall–Kier alpha value is -2.65. The van der Waals surface area contributed by atoms with Crippen LogP contribution >= 0.6 is 0 Å². The van der Waals surface area contributed by atoms with Crippen LogP contribution in [0.1, 0.15) is 51.0 Å². The lowest BCUT2D eigenvalue weighted by Gasteiger charge is -2.59. The molecule has 1 heterocycles. The third-order valence-corrected chi connectivity index (χ3v) is 11.6. The van der Waals surface area contributed by atoms with E-state index in [4.69, 9.17) is 0 Å². The van der Waals surface area contributed by atoms with Crippen molar-refractivity contribution in [3.05, 3.63) is 64.2 Å². The van der Waals surface area contributed by atoms with Gasteiger partial charge in [-0.2, -0.15) is 4.31 Å². The fourth-order valence-electron chi connectivity index (χ4n) is 8.19. The third-order valence-electron chi connectivity index (χ3n) is 9.74. The highest BCUT2D eigenvalue weighted by Gasteiger charge is 2.53. The molecule has 38 heavy (non-hydrogen) atoms. The first-order valence-electron chi connectivity index (χ1n) is 14.0. The first-order valence-corrected chi connectivity index (χ1v) is 15.6. The summed E-state index contributed by atoms with van der Waals surface area (Å²) in [6.07, 6.45) is 7.82. The minimum Gasteiger partial charge on any atom is -0.376 e. The van der Waals surface area contributed by atoms with Crippen LogP contribution in [-0.4, -0.2) is 49.9 Å². The first kappa shape index (κ1) is 25.6. The lowest BCUT2D eigenvalue weighted by Crippen LogP contribution is -2.53. The molecule has 2 aromatic rings. The average Bonchev–Trinajstić information content (AvgIpc) is 2.88. The van der Waals surface area contributed by atoms with Crippen molar-refractivity contribution in [3.8, 4) is 0 Å². The third kappa shape index (κ3) is 4.91. The van der Waals surface area contributed by atoms with Crippen molar-refractivity contribution in [1.29, 1.82) is 0 Å². The van der Waals surface area contributed by atoms with Gasteiger partial charge in [-0.25, -0.2) is 8.42 Å². The Morgan fingerprint density at radius 1 is 0.974 bits per heavy atom. The molecule has 5 aliphatic rings. The molecular weight excluding hydrogens is 500 g/mol. The molecule has 0 radical (unpaired) electrons. The van der Waals surface area contributed by atoms with Crippen LogP contribution in [0.2, 0.25) is 0 Å². The van der Waals surface area contributed by atoms with Gasteiger partial charge >= 0.3 is 0 Å². The van der Waals surface area contributed by atoms with Gasteiger partial charge < -0.3 is 10.2 Å². The minimum atomic E-state index is -3.40. The summed E-state index contributed by atoms with van der Waals surface area (Å²) in [7, 11) is -3.40. The summed E-state index contributed by atoms with van der Waals surface area (Å²) in [5, 5.41) is 15.5. The number of sulfonamides is 1. The zero-order valence-corrected chi connectivity index (χ0v) is 22.9. The number of piperazine rings is 1. The van der Waals surface area contributed by atoms with Crippen LogP contribution in [-0.2, 0) is 15.8 Å². The van der Waals surface area contributed by atoms with Gasteiger partial charge in [0.1, 0.15) is 5.69 Å². The lowest BCUT2D eigenvalue weighted by atomic mass is 9.48. The summed E-state index contributed by atoms with van der Waals surface area (Å²) < 4.78 is 27.5. The molecule has 2 aromatic carbocycles. The van der Waals surface area contributed by atoms with Crippen molar-refractivity contribution in [2.45, 2.75) is 57.2 Å². The summed E-state index contributed by atoms with van der Waals surface area (Å²) in [6, 6.07) is 14.7. The summed E-state index contributed by atoms with van der Waals surface area (Å²) >= 11 is 0. The predicted molar refractivity (Wildman–Crippen MR) is 150 cm³/mol. The molecule has 0 spiro atoms. The second-order valence-corrected chi connectivity index (χ2v) is 14.2. The average molecular weight is 539 g/mol. The lowest BCUT2D eigenvalue weighted by molar-refractivity contribution is -0.384. The van der Waals surface area contributed by atoms with Crippen LogP contribution in [0.5, 0.6) is 0 Å². The standard InChI is InChI=1S/C29H38N4O4S/c1-21(29-17-23-13-24(18-29)15-25(14-23)19-29)30-27-16-26(7-8-28(27)33(34)35)31-9-11-32(12-10-31)38(36,37)20-22-5-3-2-4-6-22/h2-8,16,21,23-25,30H,9-15,17-20H2,1H3. The Morgan fingerprint density at radius 2 is 1.58 bits per heavy atom. The minimum absolute atomic E-state index is 0.00164. The van der Waals surface area contributed by atoms with E-state index < -0.39 is 10.0 Å². The number of rotatable bonds is 8. The fourth-order valence-corrected chi connectivity index (χ4v) is 9.71. The molecule has 8 nitrogen and oxygen atoms in total. The second kappa shape index (κ2) is 9.83. The number of hydrogen-bond donors (Lipinski definition) is 1. The molecule has 204 valence electrons. The highest BCUT2D eigenvalue weighted by Crippen LogP contribution is 2.61. The monoisotopic (exact) mass is 538 g/mol. The Balaban J connectivity index is 1.16. The Kier molecular flexibility index (Phi) is 6.63. The largest absolute Gasteiger partial charge is 0.376 e. The molecule has 5 fully saturated rings. The first-order chi connectivity index (χ1) is 18.2. The van der Waals surface area contributed by atoms with Crippen molar-refractivity contribution in [2.24, 2.45) is 23.2 Å². The molecular formula is C29H38N4O4S. The zero-order chi connectivity index (χ0) is 26.5. The normalized spacial score (nSPS) is 29.8. The molecule has 1 unspecified atom stereocenters. The number of nitrogens with zero attached hydrogens (tertiary/aromatic N) is 3. The van der Waals surface area contributed by atoms with Gasteiger partial charge in [0, 0.05) is 44.0 Å². The van der Waals surface area contributed by atoms with Crippen LogP contribution < -0.4 is 10.2 Å². The highest BCUT2D eigenvalue weighted by molar-refractivity contribution is 7.88. The Labute approximate surface area is 225 Å². The van der Waals surface area contributed by atoms with Gasteiger partial charge in [0.15, 0.2) is 0 Å². The van der Waals surface area contributed by atoms with Gasteiger partial charge in [0.2, 0.25) is 10.0 Å². The van der Waals surface area contributed by atoms with Gasteiger partial charge in [0.25, 0.3) is 5.69 Å². The van der Waals surface area contributed by atoms with Crippen molar-refractivity contribution in [1.82, 2.24) is 4.31 Å². The van der Waals surface area contributed by atoms with E-state index in [9.17, 15) is 18.5 Å². The molecule has 1 saturated heterocycles. The maximum Gasteiger partial charge on any atom is 0.292 e. The number of hydrogen-bond acceptors (Lipinski definition) is 6. The quantitative estimate of drug-likeness (QED) is 0.364. The highest BCUT2D eigenvalue weighted by atomic mass is 32.2. The Morgan fingerprint density at radius 3 is 2.16 bits per heavy atom. The van der Waals surface area contributed by atoms with E-state index in [1.165, 1.54) is 38.5 Å². The molecule has 0 aromatic heterocycles. The summed E-state index contributed by atoms with van der Waals surface area (Å²) in [6.45, 7) is 4.13. The molecule has 0 amide bonds. The summed E-state index contributed by atoms with van der Waals surface area (Å²) in [5.41, 5.74) is 2.60. The van der Waals surface area contributed by atoms with Gasteiger partial charge in [0.05, 0.1) is 10.7 Å². The smallest absolute Gasteiger partial charge is 0.292 e. The van der Waals surface area contributed by atoms with E-state index in [1.54, 1.807) is 16.4 Å². The number of anilines is 2. The van der Waals surface area contributed by atoms with Crippen LogP contribution in [0, 0.1) is 33.3 Å². The maximum absolute atomic E-state index is 13.0. The predicted octanol–water partition coefficient (Wildman–Crippen LogP) is 5.26. The fraction of sp³-hybridized carbons (Fsp3) is 0.586. The van der Waals surface area contributed by atoms with Gasteiger partial charge in [-0.15, -0.1) is 0 Å². The van der Waals surface area contributed by atoms with Gasteiger partial charge in [-0.05, 0) is 86.3 Å². The molecule has 9 heteroatoms. The van der Waals surface area contributed by atoms with Crippen LogP contribution in [0.15, 0.2) is 48.5 Å². The Bertz CT molecular complexity index is 1260. The number of benzene rings is 2. The van der Waals surface area contributed by atoms with E-state index >= 15 is 0 Å². The topological polar surface area (TPSA) is 95.8 Å². The molecule has 1 atom stereocenters. The molecule has 1 N–H and O–H groups in total. The van der Waals surface area contributed by atoms with E-state index in [0.717, 1.165) is 29.0 Å². The molecule has 7 rings (SSSR count). The number of nitrogens with one attached hydrogen (secondary N) is 1. The zero-order valence-electron chi connectivity index (χ0n) is 22.1. The molecule has 1 aliphatic heterocycles. The second-order valence-electron chi connectivity index (χ2n) is 12.2. The van der Waals surface area contributed by atoms with E-state index in [2.05, 4.69) is 17.1 Å². The molecule has 4 bridgehead atoms. The molecule has 4 aliphatic carbocycles. The molecule has 4 saturated carbocycles. The SMILES string of the molecule is CC(Nc1cc(N2CCN(S(=O)(=O)Cc3ccccc3)CC2)ccc1[N+](=O)[O-])C12CC3CC(CC(C3)C1)C2. The van der Waals surface area contributed by atoms with E-state index in [1.807, 2.05) is 36.4 Å². The van der Waals surface area contributed by atoms with Crippen molar-refractivity contribution in [3.63, 3.8) is 0 Å². The maximum atomic E-state index is 13.0.